The van der Waals surface area contributed by atoms with Gasteiger partial charge in [0.25, 0.3) is 0 Å². The predicted octanol–water partition coefficient (Wildman–Crippen LogP) is 4.14. The van der Waals surface area contributed by atoms with Gasteiger partial charge in [0.15, 0.2) is 11.0 Å². The lowest BCUT2D eigenvalue weighted by molar-refractivity contribution is -0.115. The Kier molecular flexibility index (Phi) is 6.53. The first-order valence-corrected chi connectivity index (χ1v) is 9.95. The van der Waals surface area contributed by atoms with Gasteiger partial charge in [-0.1, -0.05) is 35.5 Å². The quantitative estimate of drug-likeness (QED) is 0.582. The zero-order chi connectivity index (χ0) is 20.1. The Bertz CT molecular complexity index is 961. The first-order chi connectivity index (χ1) is 13.5. The summed E-state index contributed by atoms with van der Waals surface area (Å²) in [5, 5.41) is 12.2. The Morgan fingerprint density at radius 3 is 2.75 bits per heavy atom. The Morgan fingerprint density at radius 2 is 2.07 bits per heavy atom. The molecule has 0 saturated heterocycles. The fourth-order valence-corrected chi connectivity index (χ4v) is 3.60. The van der Waals surface area contributed by atoms with E-state index in [9.17, 15) is 4.79 Å². The number of aromatic nitrogens is 4. The molecule has 1 N–H and O–H groups in total. The molecule has 146 valence electrons. The van der Waals surface area contributed by atoms with Crippen molar-refractivity contribution >= 4 is 35.1 Å². The lowest BCUT2D eigenvalue weighted by atomic mass is 10.2. The first-order valence-electron chi connectivity index (χ1n) is 8.69. The molecule has 0 aliphatic carbocycles. The molecular weight excluding hydrogens is 398 g/mol. The zero-order valence-electron chi connectivity index (χ0n) is 15.7. The van der Waals surface area contributed by atoms with Crippen LogP contribution in [0.15, 0.2) is 47.8 Å². The van der Waals surface area contributed by atoms with Crippen molar-refractivity contribution in [3.05, 3.63) is 47.6 Å². The summed E-state index contributed by atoms with van der Waals surface area (Å²) in [5.41, 5.74) is 0.855. The summed E-state index contributed by atoms with van der Waals surface area (Å²) < 4.78 is 7.40. The number of benzene rings is 1. The Morgan fingerprint density at radius 1 is 1.29 bits per heavy atom. The van der Waals surface area contributed by atoms with Crippen LogP contribution < -0.4 is 10.1 Å². The van der Waals surface area contributed by atoms with Gasteiger partial charge in [0, 0.05) is 12.7 Å². The number of methoxy groups -OCH3 is 1. The molecule has 28 heavy (non-hydrogen) atoms. The monoisotopic (exact) mass is 417 g/mol. The highest BCUT2D eigenvalue weighted by atomic mass is 35.5. The molecule has 0 spiro atoms. The summed E-state index contributed by atoms with van der Waals surface area (Å²) in [6.07, 6.45) is 1.49. The van der Waals surface area contributed by atoms with Crippen molar-refractivity contribution in [3.8, 4) is 17.1 Å². The van der Waals surface area contributed by atoms with E-state index in [1.165, 1.54) is 18.0 Å². The summed E-state index contributed by atoms with van der Waals surface area (Å²) in [6.45, 7) is 4.48. The van der Waals surface area contributed by atoms with Gasteiger partial charge < -0.3 is 14.6 Å². The standard InChI is InChI=1S/C19H20ClN5O2S/c1-4-25-17(14-7-5-6-8-15(14)27-3)23-24-19(25)28-12(2)18(26)22-16-10-9-13(20)11-21-16/h5-12H,4H2,1-3H3,(H,21,22,26)/t12-/m0/s1. The molecule has 0 aliphatic rings. The van der Waals surface area contributed by atoms with Gasteiger partial charge in [0.2, 0.25) is 5.91 Å². The zero-order valence-corrected chi connectivity index (χ0v) is 17.3. The van der Waals surface area contributed by atoms with E-state index in [0.29, 0.717) is 28.4 Å². The highest BCUT2D eigenvalue weighted by Crippen LogP contribution is 2.32. The van der Waals surface area contributed by atoms with E-state index >= 15 is 0 Å². The van der Waals surface area contributed by atoms with Crippen LogP contribution in [0, 0.1) is 0 Å². The predicted molar refractivity (Wildman–Crippen MR) is 111 cm³/mol. The smallest absolute Gasteiger partial charge is 0.238 e. The highest BCUT2D eigenvalue weighted by Gasteiger charge is 2.21. The SMILES string of the molecule is CCn1c(S[C@@H](C)C(=O)Nc2ccc(Cl)cn2)nnc1-c1ccccc1OC. The number of hydrogen-bond donors (Lipinski definition) is 1. The van der Waals surface area contributed by atoms with E-state index in [1.807, 2.05) is 42.7 Å². The first kappa shape index (κ1) is 20.2. The van der Waals surface area contributed by atoms with Crippen LogP contribution >= 0.6 is 23.4 Å². The number of thioether (sulfide) groups is 1. The average molecular weight is 418 g/mol. The maximum absolute atomic E-state index is 12.5. The average Bonchev–Trinajstić information content (AvgIpc) is 3.11. The molecule has 7 nitrogen and oxygen atoms in total. The number of anilines is 1. The Hall–Kier alpha value is -2.58. The highest BCUT2D eigenvalue weighted by molar-refractivity contribution is 8.00. The lowest BCUT2D eigenvalue weighted by Gasteiger charge is -2.13. The molecule has 1 atom stereocenters. The minimum Gasteiger partial charge on any atom is -0.496 e. The van der Waals surface area contributed by atoms with E-state index < -0.39 is 5.25 Å². The van der Waals surface area contributed by atoms with Crippen LogP contribution in [0.4, 0.5) is 5.82 Å². The van der Waals surface area contributed by atoms with E-state index in [2.05, 4.69) is 20.5 Å². The van der Waals surface area contributed by atoms with Crippen molar-refractivity contribution in [3.63, 3.8) is 0 Å². The second kappa shape index (κ2) is 9.07. The number of amides is 1. The Labute approximate surface area is 172 Å². The molecule has 0 fully saturated rings. The van der Waals surface area contributed by atoms with Crippen LogP contribution in [0.1, 0.15) is 13.8 Å². The third-order valence-electron chi connectivity index (χ3n) is 4.01. The third-order valence-corrected chi connectivity index (χ3v) is 5.32. The van der Waals surface area contributed by atoms with Crippen LogP contribution in [0.2, 0.25) is 5.02 Å². The van der Waals surface area contributed by atoms with Gasteiger partial charge in [-0.15, -0.1) is 10.2 Å². The van der Waals surface area contributed by atoms with Gasteiger partial charge in [0.05, 0.1) is 22.9 Å². The summed E-state index contributed by atoms with van der Waals surface area (Å²) in [5.74, 6) is 1.70. The molecule has 2 aromatic heterocycles. The molecule has 0 unspecified atom stereocenters. The van der Waals surface area contributed by atoms with Gasteiger partial charge in [-0.05, 0) is 38.1 Å². The molecule has 3 aromatic rings. The van der Waals surface area contributed by atoms with Crippen LogP contribution in [0.3, 0.4) is 0 Å². The molecule has 0 saturated carbocycles. The summed E-state index contributed by atoms with van der Waals surface area (Å²) in [7, 11) is 1.62. The van der Waals surface area contributed by atoms with Crippen molar-refractivity contribution in [1.82, 2.24) is 19.7 Å². The van der Waals surface area contributed by atoms with Crippen LogP contribution in [-0.2, 0) is 11.3 Å². The number of nitrogens with one attached hydrogen (secondary N) is 1. The molecule has 9 heteroatoms. The number of hydrogen-bond acceptors (Lipinski definition) is 6. The summed E-state index contributed by atoms with van der Waals surface area (Å²) in [4.78, 5) is 16.6. The fraction of sp³-hybridized carbons (Fsp3) is 0.263. The third kappa shape index (κ3) is 4.45. The number of carbonyl (C=O) groups excluding carboxylic acids is 1. The number of para-hydroxylation sites is 1. The van der Waals surface area contributed by atoms with E-state index in [4.69, 9.17) is 16.3 Å². The van der Waals surface area contributed by atoms with E-state index in [0.717, 1.165) is 11.3 Å². The molecule has 1 amide bonds. The normalized spacial score (nSPS) is 11.9. The molecule has 0 aliphatic heterocycles. The molecule has 0 radical (unpaired) electrons. The molecule has 0 bridgehead atoms. The van der Waals surface area contributed by atoms with Crippen LogP contribution in [0.5, 0.6) is 5.75 Å². The number of carbonyl (C=O) groups is 1. The van der Waals surface area contributed by atoms with Crippen molar-refractivity contribution < 1.29 is 9.53 Å². The van der Waals surface area contributed by atoms with Crippen LogP contribution in [-0.4, -0.2) is 38.0 Å². The van der Waals surface area contributed by atoms with Crippen molar-refractivity contribution in [1.29, 1.82) is 0 Å². The molecular formula is C19H20ClN5O2S. The maximum atomic E-state index is 12.5. The second-order valence-corrected chi connectivity index (χ2v) is 7.61. The summed E-state index contributed by atoms with van der Waals surface area (Å²) >= 11 is 7.16. The van der Waals surface area contributed by atoms with Gasteiger partial charge in [-0.2, -0.15) is 0 Å². The van der Waals surface area contributed by atoms with Crippen LogP contribution in [0.25, 0.3) is 11.4 Å². The largest absolute Gasteiger partial charge is 0.496 e. The molecule has 2 heterocycles. The maximum Gasteiger partial charge on any atom is 0.238 e. The minimum atomic E-state index is -0.391. The number of halogens is 1. The minimum absolute atomic E-state index is 0.177. The molecule has 1 aromatic carbocycles. The number of nitrogens with zero attached hydrogens (tertiary/aromatic N) is 4. The van der Waals surface area contributed by atoms with Crippen molar-refractivity contribution in [2.24, 2.45) is 0 Å². The lowest BCUT2D eigenvalue weighted by Crippen LogP contribution is -2.23. The summed E-state index contributed by atoms with van der Waals surface area (Å²) in [6, 6.07) is 11.0. The van der Waals surface area contributed by atoms with Gasteiger partial charge in [-0.25, -0.2) is 4.98 Å². The van der Waals surface area contributed by atoms with Gasteiger partial charge in [0.1, 0.15) is 11.6 Å². The number of rotatable bonds is 7. The van der Waals surface area contributed by atoms with Gasteiger partial charge >= 0.3 is 0 Å². The Balaban J connectivity index is 1.78. The number of pyridine rings is 1. The van der Waals surface area contributed by atoms with Crippen molar-refractivity contribution in [2.45, 2.75) is 30.8 Å². The van der Waals surface area contributed by atoms with E-state index in [1.54, 1.807) is 19.2 Å². The topological polar surface area (TPSA) is 81.9 Å². The fourth-order valence-electron chi connectivity index (χ4n) is 2.58. The van der Waals surface area contributed by atoms with E-state index in [-0.39, 0.29) is 5.91 Å². The second-order valence-electron chi connectivity index (χ2n) is 5.86. The molecule has 3 rings (SSSR count). The van der Waals surface area contributed by atoms with Crippen molar-refractivity contribution in [2.75, 3.05) is 12.4 Å². The number of ether oxygens (including phenoxy) is 1. The van der Waals surface area contributed by atoms with Gasteiger partial charge in [-0.3, -0.25) is 4.79 Å².